The zero-order chi connectivity index (χ0) is 17.5. The lowest BCUT2D eigenvalue weighted by atomic mass is 10.0. The summed E-state index contributed by atoms with van der Waals surface area (Å²) in [5.41, 5.74) is 8.55. The Kier molecular flexibility index (Phi) is 6.70. The first-order chi connectivity index (χ1) is 11.5. The molecular formula is C18H20ClN3OS. The molecule has 0 bridgehead atoms. The number of phenolic OH excluding ortho intramolecular Hbond substituents is 1. The number of aromatic hydroxyl groups is 1. The van der Waals surface area contributed by atoms with Gasteiger partial charge in [-0.05, 0) is 29.2 Å². The largest absolute Gasteiger partial charge is 0.506 e. The van der Waals surface area contributed by atoms with Crippen LogP contribution in [0.1, 0.15) is 36.5 Å². The molecule has 126 valence electrons. The van der Waals surface area contributed by atoms with Crippen molar-refractivity contribution in [1.82, 2.24) is 0 Å². The van der Waals surface area contributed by atoms with Crippen molar-refractivity contribution >= 4 is 34.7 Å². The molecule has 2 rings (SSSR count). The Bertz CT molecular complexity index is 745. The maximum absolute atomic E-state index is 10.0. The number of nitrogens with zero attached hydrogens (tertiary/aromatic N) is 2. The second-order valence-electron chi connectivity index (χ2n) is 5.55. The van der Waals surface area contributed by atoms with Gasteiger partial charge in [0.15, 0.2) is 5.17 Å². The minimum Gasteiger partial charge on any atom is -0.506 e. The summed E-state index contributed by atoms with van der Waals surface area (Å²) < 4.78 is 0. The van der Waals surface area contributed by atoms with E-state index in [9.17, 15) is 5.11 Å². The van der Waals surface area contributed by atoms with Crippen molar-refractivity contribution < 1.29 is 5.11 Å². The van der Waals surface area contributed by atoms with Gasteiger partial charge in [-0.2, -0.15) is 5.10 Å². The fourth-order valence-electron chi connectivity index (χ4n) is 1.98. The van der Waals surface area contributed by atoms with E-state index in [0.717, 1.165) is 11.3 Å². The molecule has 0 aliphatic rings. The van der Waals surface area contributed by atoms with E-state index in [1.165, 1.54) is 23.5 Å². The van der Waals surface area contributed by atoms with Crippen molar-refractivity contribution in [2.75, 3.05) is 0 Å². The van der Waals surface area contributed by atoms with Gasteiger partial charge < -0.3 is 10.8 Å². The first-order valence-electron chi connectivity index (χ1n) is 7.53. The first-order valence-corrected chi connectivity index (χ1v) is 8.89. The monoisotopic (exact) mass is 361 g/mol. The highest BCUT2D eigenvalue weighted by molar-refractivity contribution is 8.13. The van der Waals surface area contributed by atoms with Gasteiger partial charge in [0.05, 0.1) is 11.2 Å². The Morgan fingerprint density at radius 2 is 2.00 bits per heavy atom. The Morgan fingerprint density at radius 3 is 2.67 bits per heavy atom. The molecule has 0 amide bonds. The highest BCUT2D eigenvalue weighted by atomic mass is 35.5. The van der Waals surface area contributed by atoms with Gasteiger partial charge in [-0.15, -0.1) is 5.10 Å². The maximum atomic E-state index is 10.0. The van der Waals surface area contributed by atoms with E-state index < -0.39 is 0 Å². The molecule has 0 unspecified atom stereocenters. The normalized spacial score (nSPS) is 12.2. The summed E-state index contributed by atoms with van der Waals surface area (Å²) in [6, 6.07) is 13.6. The SMILES string of the molecule is CC(C)c1cc(Cl)c(O)c(C=NN=C(N)SCc2ccccc2)c1. The summed E-state index contributed by atoms with van der Waals surface area (Å²) in [7, 11) is 0. The number of amidine groups is 1. The Labute approximate surface area is 151 Å². The third-order valence-corrected chi connectivity index (χ3v) is 4.51. The second kappa shape index (κ2) is 8.76. The standard InChI is InChI=1S/C18H20ClN3OS/c1-12(2)14-8-15(17(23)16(19)9-14)10-21-22-18(20)24-11-13-6-4-3-5-7-13/h3-10,12,23H,11H2,1-2H3,(H2,20,22). The van der Waals surface area contributed by atoms with Crippen LogP contribution in [0, 0.1) is 0 Å². The van der Waals surface area contributed by atoms with Gasteiger partial charge in [0.1, 0.15) is 5.75 Å². The van der Waals surface area contributed by atoms with Crippen molar-refractivity contribution in [2.24, 2.45) is 15.9 Å². The number of hydrogen-bond donors (Lipinski definition) is 2. The molecule has 0 aliphatic heterocycles. The second-order valence-corrected chi connectivity index (χ2v) is 6.96. The summed E-state index contributed by atoms with van der Waals surface area (Å²) in [6.07, 6.45) is 1.46. The van der Waals surface area contributed by atoms with Crippen LogP contribution in [0.4, 0.5) is 0 Å². The van der Waals surface area contributed by atoms with E-state index in [2.05, 4.69) is 24.1 Å². The molecule has 0 atom stereocenters. The molecule has 6 heteroatoms. The maximum Gasteiger partial charge on any atom is 0.180 e. The molecule has 24 heavy (non-hydrogen) atoms. The Hall–Kier alpha value is -1.98. The van der Waals surface area contributed by atoms with Crippen molar-refractivity contribution in [3.05, 3.63) is 64.2 Å². The van der Waals surface area contributed by atoms with Crippen LogP contribution in [-0.4, -0.2) is 16.5 Å². The topological polar surface area (TPSA) is 71.0 Å². The zero-order valence-corrected chi connectivity index (χ0v) is 15.2. The number of rotatable bonds is 5. The van der Waals surface area contributed by atoms with Crippen LogP contribution in [-0.2, 0) is 5.75 Å². The Morgan fingerprint density at radius 1 is 1.29 bits per heavy atom. The average Bonchev–Trinajstić information content (AvgIpc) is 2.57. The van der Waals surface area contributed by atoms with Crippen molar-refractivity contribution in [3.8, 4) is 5.75 Å². The summed E-state index contributed by atoms with van der Waals surface area (Å²) >= 11 is 7.45. The number of phenols is 1. The number of thioether (sulfide) groups is 1. The van der Waals surface area contributed by atoms with Crippen LogP contribution in [0.25, 0.3) is 0 Å². The minimum atomic E-state index is -0.00414. The zero-order valence-electron chi connectivity index (χ0n) is 13.6. The van der Waals surface area contributed by atoms with Crippen LogP contribution < -0.4 is 5.73 Å². The fraction of sp³-hybridized carbons (Fsp3) is 0.222. The summed E-state index contributed by atoms with van der Waals surface area (Å²) in [5.74, 6) is 1.02. The molecule has 0 fully saturated rings. The lowest BCUT2D eigenvalue weighted by Crippen LogP contribution is -2.06. The third-order valence-electron chi connectivity index (χ3n) is 3.36. The molecule has 2 aromatic carbocycles. The molecule has 0 spiro atoms. The van der Waals surface area contributed by atoms with Gasteiger partial charge in [0.25, 0.3) is 0 Å². The highest BCUT2D eigenvalue weighted by Gasteiger charge is 2.09. The average molecular weight is 362 g/mol. The van der Waals surface area contributed by atoms with Crippen LogP contribution in [0.3, 0.4) is 0 Å². The Balaban J connectivity index is 2.04. The molecule has 3 N–H and O–H groups in total. The van der Waals surface area contributed by atoms with Gasteiger partial charge in [0.2, 0.25) is 0 Å². The molecule has 0 saturated carbocycles. The highest BCUT2D eigenvalue weighted by Crippen LogP contribution is 2.30. The van der Waals surface area contributed by atoms with E-state index in [4.69, 9.17) is 17.3 Å². The van der Waals surface area contributed by atoms with E-state index in [1.54, 1.807) is 6.07 Å². The number of hydrogen-bond acceptors (Lipinski definition) is 4. The van der Waals surface area contributed by atoms with E-state index in [-0.39, 0.29) is 5.75 Å². The van der Waals surface area contributed by atoms with Gasteiger partial charge in [-0.1, -0.05) is 67.5 Å². The fourth-order valence-corrected chi connectivity index (χ4v) is 2.83. The molecule has 0 aromatic heterocycles. The van der Waals surface area contributed by atoms with E-state index >= 15 is 0 Å². The van der Waals surface area contributed by atoms with Gasteiger partial charge in [-0.3, -0.25) is 0 Å². The van der Waals surface area contributed by atoms with Crippen molar-refractivity contribution in [3.63, 3.8) is 0 Å². The summed E-state index contributed by atoms with van der Waals surface area (Å²) in [6.45, 7) is 4.11. The van der Waals surface area contributed by atoms with Crippen LogP contribution in [0.15, 0.2) is 52.7 Å². The van der Waals surface area contributed by atoms with E-state index in [1.807, 2.05) is 36.4 Å². The number of halogens is 1. The van der Waals surface area contributed by atoms with Gasteiger partial charge >= 0.3 is 0 Å². The molecule has 2 aromatic rings. The minimum absolute atomic E-state index is 0.00414. The molecule has 0 heterocycles. The molecule has 4 nitrogen and oxygen atoms in total. The van der Waals surface area contributed by atoms with Crippen molar-refractivity contribution in [1.29, 1.82) is 0 Å². The van der Waals surface area contributed by atoms with Crippen LogP contribution >= 0.6 is 23.4 Å². The quantitative estimate of drug-likeness (QED) is 0.458. The predicted octanol–water partition coefficient (Wildman–Crippen LogP) is 4.75. The van der Waals surface area contributed by atoms with Crippen LogP contribution in [0.5, 0.6) is 5.75 Å². The third kappa shape index (κ3) is 5.28. The summed E-state index contributed by atoms with van der Waals surface area (Å²) in [4.78, 5) is 0. The number of nitrogens with two attached hydrogens (primary N) is 1. The first kappa shape index (κ1) is 18.4. The van der Waals surface area contributed by atoms with Crippen LogP contribution in [0.2, 0.25) is 5.02 Å². The lowest BCUT2D eigenvalue weighted by molar-refractivity contribution is 0.474. The molecule has 0 radical (unpaired) electrons. The van der Waals surface area contributed by atoms with Gasteiger partial charge in [0, 0.05) is 11.3 Å². The molecule has 0 aliphatic carbocycles. The van der Waals surface area contributed by atoms with E-state index in [0.29, 0.717) is 21.7 Å². The lowest BCUT2D eigenvalue weighted by Gasteiger charge is -2.09. The molecular weight excluding hydrogens is 342 g/mol. The van der Waals surface area contributed by atoms with Gasteiger partial charge in [-0.25, -0.2) is 0 Å². The summed E-state index contributed by atoms with van der Waals surface area (Å²) in [5, 5.41) is 18.6. The predicted molar refractivity (Wildman–Crippen MR) is 104 cm³/mol. The van der Waals surface area contributed by atoms with Crippen molar-refractivity contribution in [2.45, 2.75) is 25.5 Å². The smallest absolute Gasteiger partial charge is 0.180 e. The number of benzene rings is 2. The molecule has 0 saturated heterocycles.